The van der Waals surface area contributed by atoms with Crippen LogP contribution in [0.3, 0.4) is 0 Å². The fraction of sp³-hybridized carbons (Fsp3) is 0.269. The van der Waals surface area contributed by atoms with Crippen LogP contribution in [-0.2, 0) is 4.79 Å². The van der Waals surface area contributed by atoms with E-state index in [4.69, 9.17) is 4.74 Å². The number of hydrogen-bond donors (Lipinski definition) is 2. The van der Waals surface area contributed by atoms with Crippen LogP contribution in [-0.4, -0.2) is 22.9 Å². The summed E-state index contributed by atoms with van der Waals surface area (Å²) >= 11 is 0. The van der Waals surface area contributed by atoms with E-state index in [0.717, 1.165) is 27.6 Å². The highest BCUT2D eigenvalue weighted by Crippen LogP contribution is 2.54. The molecule has 0 saturated carbocycles. The van der Waals surface area contributed by atoms with Gasteiger partial charge in [-0.25, -0.2) is 0 Å². The molecule has 0 unspecified atom stereocenters. The van der Waals surface area contributed by atoms with Crippen LogP contribution in [0, 0.1) is 15.5 Å². The number of phenolic OH excluding ortho intramolecular Hbond substituents is 1. The van der Waals surface area contributed by atoms with Crippen LogP contribution < -0.4 is 10.1 Å². The Morgan fingerprint density at radius 2 is 1.88 bits per heavy atom. The number of methoxy groups -OCH3 is 1. The number of carbonyl (C=O) groups excluding carboxylic acids is 1. The van der Waals surface area contributed by atoms with Gasteiger partial charge in [0.15, 0.2) is 11.5 Å². The van der Waals surface area contributed by atoms with E-state index in [1.54, 1.807) is 0 Å². The Morgan fingerprint density at radius 1 is 1.12 bits per heavy atom. The van der Waals surface area contributed by atoms with Gasteiger partial charge in [0.05, 0.1) is 23.6 Å². The van der Waals surface area contributed by atoms with Gasteiger partial charge in [0.1, 0.15) is 0 Å². The van der Waals surface area contributed by atoms with E-state index < -0.39 is 11.0 Å². The smallest absolute Gasteiger partial charge is 0.320 e. The van der Waals surface area contributed by atoms with Crippen molar-refractivity contribution in [3.05, 3.63) is 75.3 Å². The van der Waals surface area contributed by atoms with Gasteiger partial charge < -0.3 is 15.2 Å². The van der Waals surface area contributed by atoms with E-state index >= 15 is 0 Å². The second kappa shape index (κ2) is 7.33. The van der Waals surface area contributed by atoms with Gasteiger partial charge in [-0.3, -0.25) is 14.9 Å². The van der Waals surface area contributed by atoms with Gasteiger partial charge in [0, 0.05) is 23.2 Å². The molecule has 168 valence electrons. The number of anilines is 1. The van der Waals surface area contributed by atoms with E-state index in [2.05, 4.69) is 19.2 Å². The molecule has 5 rings (SSSR count). The summed E-state index contributed by atoms with van der Waals surface area (Å²) in [5, 5.41) is 27.7. The molecule has 0 bridgehead atoms. The predicted octanol–water partition coefficient (Wildman–Crippen LogP) is 5.77. The minimum Gasteiger partial charge on any atom is -0.504 e. The van der Waals surface area contributed by atoms with Gasteiger partial charge in [-0.1, -0.05) is 44.2 Å². The van der Waals surface area contributed by atoms with Crippen LogP contribution in [0.25, 0.3) is 16.3 Å². The zero-order chi connectivity index (χ0) is 23.5. The minimum absolute atomic E-state index is 0.0290. The third-order valence-electron chi connectivity index (χ3n) is 6.58. The highest BCUT2D eigenvalue weighted by atomic mass is 16.6. The quantitative estimate of drug-likeness (QED) is 0.393. The summed E-state index contributed by atoms with van der Waals surface area (Å²) in [5.41, 5.74) is 2.99. The molecule has 0 fully saturated rings. The Labute approximate surface area is 190 Å². The molecule has 0 aromatic heterocycles. The number of Topliss-reactive ketones (excluding diaryl/α,β-unsaturated/α-hetero) is 1. The number of ether oxygens (including phenoxy) is 1. The minimum atomic E-state index is -0.729. The van der Waals surface area contributed by atoms with Crippen LogP contribution in [0.15, 0.2) is 54.1 Å². The maximum absolute atomic E-state index is 13.5. The SMILES string of the molecule is COc1c(O)ccc([C@H]2Nc3ccc4ccccc4c3C3=C2C(=O)CC(C)(C)C3)c1[N+](=O)[O-]. The van der Waals surface area contributed by atoms with Crippen molar-refractivity contribution in [3.8, 4) is 11.5 Å². The van der Waals surface area contributed by atoms with Crippen molar-refractivity contribution in [2.24, 2.45) is 5.41 Å². The Morgan fingerprint density at radius 3 is 2.61 bits per heavy atom. The molecule has 1 aliphatic heterocycles. The molecule has 0 amide bonds. The molecule has 1 atom stereocenters. The molecule has 2 N–H and O–H groups in total. The molecule has 7 nitrogen and oxygen atoms in total. The van der Waals surface area contributed by atoms with Crippen molar-refractivity contribution in [3.63, 3.8) is 0 Å². The summed E-state index contributed by atoms with van der Waals surface area (Å²) < 4.78 is 5.17. The number of nitrogens with zero attached hydrogens (tertiary/aromatic N) is 1. The van der Waals surface area contributed by atoms with Crippen LogP contribution in [0.2, 0.25) is 0 Å². The van der Waals surface area contributed by atoms with Gasteiger partial charge in [-0.05, 0) is 46.4 Å². The van der Waals surface area contributed by atoms with Crippen molar-refractivity contribution >= 4 is 33.5 Å². The maximum atomic E-state index is 13.5. The second-order valence-electron chi connectivity index (χ2n) is 9.43. The van der Waals surface area contributed by atoms with Gasteiger partial charge in [-0.15, -0.1) is 0 Å². The Balaban J connectivity index is 1.83. The highest BCUT2D eigenvalue weighted by molar-refractivity contribution is 6.13. The van der Waals surface area contributed by atoms with Crippen molar-refractivity contribution in [2.75, 3.05) is 12.4 Å². The number of nitro groups is 1. The summed E-state index contributed by atoms with van der Waals surface area (Å²) in [5.74, 6) is -0.562. The van der Waals surface area contributed by atoms with Crippen LogP contribution in [0.1, 0.15) is 43.9 Å². The van der Waals surface area contributed by atoms with Gasteiger partial charge in [-0.2, -0.15) is 0 Å². The average molecular weight is 444 g/mol. The normalized spacial score (nSPS) is 19.0. The topological polar surface area (TPSA) is 102 Å². The Bertz CT molecular complexity index is 1370. The fourth-order valence-electron chi connectivity index (χ4n) is 5.27. The summed E-state index contributed by atoms with van der Waals surface area (Å²) in [6.07, 6.45) is 1.03. The lowest BCUT2D eigenvalue weighted by Crippen LogP contribution is -2.33. The van der Waals surface area contributed by atoms with Crippen LogP contribution in [0.5, 0.6) is 11.5 Å². The molecule has 2 aliphatic rings. The first kappa shape index (κ1) is 21.0. The summed E-state index contributed by atoms with van der Waals surface area (Å²) in [6, 6.07) is 14.1. The molecule has 0 radical (unpaired) electrons. The van der Waals surface area contributed by atoms with E-state index in [-0.39, 0.29) is 33.9 Å². The van der Waals surface area contributed by atoms with E-state index in [1.807, 2.05) is 36.4 Å². The number of allylic oxidation sites excluding steroid dienone is 1. The number of hydrogen-bond acceptors (Lipinski definition) is 6. The third-order valence-corrected chi connectivity index (χ3v) is 6.58. The van der Waals surface area contributed by atoms with Crippen molar-refractivity contribution < 1.29 is 19.6 Å². The molecule has 0 saturated heterocycles. The number of ketones is 1. The predicted molar refractivity (Wildman–Crippen MR) is 127 cm³/mol. The van der Waals surface area contributed by atoms with E-state index in [9.17, 15) is 20.0 Å². The van der Waals surface area contributed by atoms with Crippen LogP contribution >= 0.6 is 0 Å². The van der Waals surface area contributed by atoms with Crippen LogP contribution in [0.4, 0.5) is 11.4 Å². The van der Waals surface area contributed by atoms with Gasteiger partial charge in [0.2, 0.25) is 5.75 Å². The third kappa shape index (κ3) is 3.23. The zero-order valence-corrected chi connectivity index (χ0v) is 18.6. The van der Waals surface area contributed by atoms with E-state index in [1.165, 1.54) is 19.2 Å². The lowest BCUT2D eigenvalue weighted by molar-refractivity contribution is -0.386. The molecule has 1 heterocycles. The van der Waals surface area contributed by atoms with Crippen molar-refractivity contribution in [2.45, 2.75) is 32.7 Å². The molecule has 1 aliphatic carbocycles. The number of rotatable bonds is 3. The monoisotopic (exact) mass is 444 g/mol. The average Bonchev–Trinajstić information content (AvgIpc) is 2.76. The molecule has 3 aromatic carbocycles. The maximum Gasteiger partial charge on any atom is 0.320 e. The number of benzene rings is 3. The molecule has 0 spiro atoms. The largest absolute Gasteiger partial charge is 0.504 e. The number of nitro benzene ring substituents is 1. The first-order valence-corrected chi connectivity index (χ1v) is 10.8. The molecular formula is C26H24N2O5. The first-order valence-electron chi connectivity index (χ1n) is 10.8. The molecule has 3 aromatic rings. The molecule has 33 heavy (non-hydrogen) atoms. The number of aromatic hydroxyl groups is 1. The van der Waals surface area contributed by atoms with Gasteiger partial charge >= 0.3 is 5.69 Å². The first-order chi connectivity index (χ1) is 15.7. The molecule has 7 heteroatoms. The Kier molecular flexibility index (Phi) is 4.67. The number of phenols is 1. The highest BCUT2D eigenvalue weighted by Gasteiger charge is 2.43. The van der Waals surface area contributed by atoms with Gasteiger partial charge in [0.25, 0.3) is 0 Å². The fourth-order valence-corrected chi connectivity index (χ4v) is 5.27. The lowest BCUT2D eigenvalue weighted by atomic mass is 9.67. The summed E-state index contributed by atoms with van der Waals surface area (Å²) in [6.45, 7) is 4.14. The van der Waals surface area contributed by atoms with E-state index in [0.29, 0.717) is 18.4 Å². The number of fused-ring (bicyclic) bond motifs is 4. The summed E-state index contributed by atoms with van der Waals surface area (Å²) in [7, 11) is 1.28. The molecular weight excluding hydrogens is 420 g/mol. The second-order valence-corrected chi connectivity index (χ2v) is 9.43. The zero-order valence-electron chi connectivity index (χ0n) is 18.6. The van der Waals surface area contributed by atoms with Crippen molar-refractivity contribution in [1.29, 1.82) is 0 Å². The lowest BCUT2D eigenvalue weighted by Gasteiger charge is -2.40. The number of carbonyl (C=O) groups is 1. The Hall–Kier alpha value is -3.87. The standard InChI is InChI=1S/C26H24N2O5/c1-26(2)12-17-21-15-7-5-4-6-14(15)8-10-18(21)27-23(22(17)20(30)13-26)16-9-11-19(29)25(33-3)24(16)28(31)32/h4-11,23,27,29H,12-13H2,1-3H3/t23-/m1/s1. The summed E-state index contributed by atoms with van der Waals surface area (Å²) in [4.78, 5) is 25.0. The number of nitrogens with one attached hydrogen (secondary N) is 1. The van der Waals surface area contributed by atoms with Crippen molar-refractivity contribution in [1.82, 2.24) is 0 Å².